The summed E-state index contributed by atoms with van der Waals surface area (Å²) < 4.78 is 31.5. The predicted octanol–water partition coefficient (Wildman–Crippen LogP) is 2.13. The molecule has 7 heteroatoms. The van der Waals surface area contributed by atoms with Gasteiger partial charge in [-0.1, -0.05) is 24.3 Å². The highest BCUT2D eigenvalue weighted by molar-refractivity contribution is 5.67. The number of nitrogens with one attached hydrogen (secondary N) is 2. The molecule has 0 spiro atoms. The first-order valence-corrected chi connectivity index (χ1v) is 8.36. The fourth-order valence-corrected chi connectivity index (χ4v) is 2.98. The molecule has 2 aromatic carbocycles. The summed E-state index contributed by atoms with van der Waals surface area (Å²) in [6, 6.07) is 11.6. The fourth-order valence-electron chi connectivity index (χ4n) is 2.98. The minimum Gasteiger partial charge on any atom is -0.442 e. The molecular formula is C19H20F2N2O3. The first-order chi connectivity index (χ1) is 12.5. The lowest BCUT2D eigenvalue weighted by atomic mass is 10.0. The lowest BCUT2D eigenvalue weighted by Crippen LogP contribution is -2.41. The van der Waals surface area contributed by atoms with Gasteiger partial charge in [-0.3, -0.25) is 0 Å². The van der Waals surface area contributed by atoms with Gasteiger partial charge in [0.1, 0.15) is 23.8 Å². The minimum atomic E-state index is -0.833. The average molecular weight is 362 g/mol. The van der Waals surface area contributed by atoms with Gasteiger partial charge in [0, 0.05) is 13.1 Å². The van der Waals surface area contributed by atoms with Crippen molar-refractivity contribution in [1.82, 2.24) is 10.6 Å². The molecule has 138 valence electrons. The maximum absolute atomic E-state index is 13.1. The number of carbonyl (C=O) groups excluding carboxylic acids is 1. The average Bonchev–Trinajstić information content (AvgIpc) is 2.95. The monoisotopic (exact) mass is 362 g/mol. The van der Waals surface area contributed by atoms with E-state index in [1.54, 1.807) is 24.3 Å². The number of benzene rings is 2. The van der Waals surface area contributed by atoms with Crippen LogP contribution in [0.4, 0.5) is 13.6 Å². The van der Waals surface area contributed by atoms with Crippen molar-refractivity contribution in [3.8, 4) is 0 Å². The van der Waals surface area contributed by atoms with Gasteiger partial charge in [0.25, 0.3) is 0 Å². The minimum absolute atomic E-state index is 0.121. The third-order valence-electron chi connectivity index (χ3n) is 4.30. The number of hydrogen-bond donors (Lipinski definition) is 3. The summed E-state index contributed by atoms with van der Waals surface area (Å²) in [6.45, 7) is 0.420. The number of β-amino-alcohol motifs (C(OH)–C–C–N with tert-alkyl or cyclic N) is 1. The van der Waals surface area contributed by atoms with E-state index in [9.17, 15) is 18.7 Å². The Morgan fingerprint density at radius 2 is 1.92 bits per heavy atom. The molecule has 0 aromatic heterocycles. The summed E-state index contributed by atoms with van der Waals surface area (Å²) in [4.78, 5) is 12.0. The van der Waals surface area contributed by atoms with Crippen molar-refractivity contribution in [2.45, 2.75) is 31.2 Å². The number of ether oxygens (including phenoxy) is 1. The second-order valence-corrected chi connectivity index (χ2v) is 6.27. The molecule has 0 radical (unpaired) electrons. The van der Waals surface area contributed by atoms with Gasteiger partial charge in [-0.25, -0.2) is 13.6 Å². The van der Waals surface area contributed by atoms with E-state index in [1.807, 2.05) is 0 Å². The highest BCUT2D eigenvalue weighted by Crippen LogP contribution is 2.17. The van der Waals surface area contributed by atoms with Crippen LogP contribution in [-0.2, 0) is 17.7 Å². The number of halogens is 2. The zero-order chi connectivity index (χ0) is 18.5. The summed E-state index contributed by atoms with van der Waals surface area (Å²) in [5.74, 6) is -0.704. The molecule has 1 heterocycles. The Hall–Kier alpha value is -2.51. The van der Waals surface area contributed by atoms with Crippen LogP contribution in [0.3, 0.4) is 0 Å². The van der Waals surface area contributed by atoms with Crippen LogP contribution in [0.25, 0.3) is 0 Å². The highest BCUT2D eigenvalue weighted by atomic mass is 19.1. The first-order valence-electron chi connectivity index (χ1n) is 8.36. The molecule has 5 nitrogen and oxygen atoms in total. The number of hydrogen-bond acceptors (Lipinski definition) is 4. The highest BCUT2D eigenvalue weighted by Gasteiger charge is 2.37. The van der Waals surface area contributed by atoms with Gasteiger partial charge < -0.3 is 20.5 Å². The van der Waals surface area contributed by atoms with Gasteiger partial charge in [0.05, 0.1) is 6.04 Å². The second kappa shape index (κ2) is 8.25. The molecule has 1 fully saturated rings. The summed E-state index contributed by atoms with van der Waals surface area (Å²) in [5.41, 5.74) is 1.47. The van der Waals surface area contributed by atoms with Gasteiger partial charge in [-0.15, -0.1) is 0 Å². The van der Waals surface area contributed by atoms with Crippen LogP contribution in [0.15, 0.2) is 48.5 Å². The summed E-state index contributed by atoms with van der Waals surface area (Å²) >= 11 is 0. The molecular weight excluding hydrogens is 342 g/mol. The van der Waals surface area contributed by atoms with Crippen LogP contribution < -0.4 is 10.6 Å². The van der Waals surface area contributed by atoms with Gasteiger partial charge in [0.15, 0.2) is 0 Å². The third-order valence-corrected chi connectivity index (χ3v) is 4.30. The van der Waals surface area contributed by atoms with Gasteiger partial charge in [0.2, 0.25) is 0 Å². The van der Waals surface area contributed by atoms with E-state index in [1.165, 1.54) is 24.3 Å². The largest absolute Gasteiger partial charge is 0.442 e. The Bertz CT molecular complexity index is 755. The van der Waals surface area contributed by atoms with Crippen molar-refractivity contribution in [3.05, 3.63) is 71.3 Å². The molecule has 3 atom stereocenters. The van der Waals surface area contributed by atoms with Gasteiger partial charge in [-0.2, -0.15) is 0 Å². The van der Waals surface area contributed by atoms with E-state index in [0.29, 0.717) is 18.5 Å². The zero-order valence-electron chi connectivity index (χ0n) is 14.0. The van der Waals surface area contributed by atoms with Crippen LogP contribution in [0.5, 0.6) is 0 Å². The van der Waals surface area contributed by atoms with Gasteiger partial charge >= 0.3 is 6.09 Å². The van der Waals surface area contributed by atoms with Crippen molar-refractivity contribution < 1.29 is 23.4 Å². The van der Waals surface area contributed by atoms with Crippen molar-refractivity contribution in [3.63, 3.8) is 0 Å². The van der Waals surface area contributed by atoms with E-state index in [0.717, 1.165) is 5.56 Å². The molecule has 1 amide bonds. The lowest BCUT2D eigenvalue weighted by molar-refractivity contribution is 0.0188. The number of carbonyl (C=O) groups is 1. The molecule has 3 rings (SSSR count). The number of amides is 1. The molecule has 2 aromatic rings. The topological polar surface area (TPSA) is 70.6 Å². The van der Waals surface area contributed by atoms with Crippen LogP contribution in [0, 0.1) is 11.6 Å². The van der Waals surface area contributed by atoms with E-state index in [2.05, 4.69) is 10.6 Å². The molecule has 1 aliphatic rings. The number of aliphatic hydroxyl groups excluding tert-OH is 1. The zero-order valence-corrected chi connectivity index (χ0v) is 14.0. The summed E-state index contributed by atoms with van der Waals surface area (Å²) in [7, 11) is 0. The number of alkyl carbamates (subject to hydrolysis) is 1. The maximum Gasteiger partial charge on any atom is 0.407 e. The predicted molar refractivity (Wildman–Crippen MR) is 91.4 cm³/mol. The Morgan fingerprint density at radius 3 is 2.65 bits per heavy atom. The molecule has 1 aliphatic heterocycles. The van der Waals surface area contributed by atoms with Crippen molar-refractivity contribution in [2.24, 2.45) is 0 Å². The molecule has 0 aliphatic carbocycles. The Morgan fingerprint density at radius 1 is 1.15 bits per heavy atom. The molecule has 1 saturated heterocycles. The smallest absolute Gasteiger partial charge is 0.407 e. The SMILES string of the molecule is O=C(NCc1cccc(F)c1)O[C@@H]1[C@@H](O)CN[C@@H]1Cc1ccc(F)cc1. The van der Waals surface area contributed by atoms with E-state index < -0.39 is 18.3 Å². The standard InChI is InChI=1S/C19H20F2N2O3/c20-14-6-4-12(5-7-14)9-16-18(17(24)11-22-16)26-19(25)23-10-13-2-1-3-15(21)8-13/h1-8,16-18,22,24H,9-11H2,(H,23,25)/t16-,17+,18+/m1/s1. The van der Waals surface area contributed by atoms with Gasteiger partial charge in [-0.05, 0) is 41.8 Å². The molecule has 0 saturated carbocycles. The fraction of sp³-hybridized carbons (Fsp3) is 0.316. The quantitative estimate of drug-likeness (QED) is 0.762. The van der Waals surface area contributed by atoms with E-state index in [-0.39, 0.29) is 24.2 Å². The Balaban J connectivity index is 1.55. The Labute approximate surface area is 150 Å². The number of aliphatic hydroxyl groups is 1. The van der Waals surface area contributed by atoms with Crippen molar-refractivity contribution in [1.29, 1.82) is 0 Å². The van der Waals surface area contributed by atoms with Crippen LogP contribution in [0.1, 0.15) is 11.1 Å². The maximum atomic E-state index is 13.1. The van der Waals surface area contributed by atoms with E-state index in [4.69, 9.17) is 4.74 Å². The molecule has 26 heavy (non-hydrogen) atoms. The number of rotatable bonds is 5. The first kappa shape index (κ1) is 18.3. The normalized spacial score (nSPS) is 22.2. The molecule has 0 bridgehead atoms. The van der Waals surface area contributed by atoms with Crippen molar-refractivity contribution in [2.75, 3.05) is 6.54 Å². The van der Waals surface area contributed by atoms with Crippen LogP contribution in [0.2, 0.25) is 0 Å². The van der Waals surface area contributed by atoms with E-state index >= 15 is 0 Å². The lowest BCUT2D eigenvalue weighted by Gasteiger charge is -2.22. The summed E-state index contributed by atoms with van der Waals surface area (Å²) in [5, 5.41) is 15.7. The van der Waals surface area contributed by atoms with Crippen molar-refractivity contribution >= 4 is 6.09 Å². The summed E-state index contributed by atoms with van der Waals surface area (Å²) in [6.07, 6.45) is -1.77. The van der Waals surface area contributed by atoms with Crippen LogP contribution in [-0.4, -0.2) is 36.0 Å². The Kier molecular flexibility index (Phi) is 5.80. The third kappa shape index (κ3) is 4.77. The second-order valence-electron chi connectivity index (χ2n) is 6.27. The molecule has 3 N–H and O–H groups in total. The van der Waals surface area contributed by atoms with Crippen LogP contribution >= 0.6 is 0 Å². The molecule has 0 unspecified atom stereocenters.